The van der Waals surface area contributed by atoms with Crippen molar-refractivity contribution in [2.75, 3.05) is 19.0 Å². The van der Waals surface area contributed by atoms with Gasteiger partial charge in [-0.25, -0.2) is 4.79 Å². The summed E-state index contributed by atoms with van der Waals surface area (Å²) in [5.74, 6) is -0.156. The molecule has 0 bridgehead atoms. The average molecular weight is 249 g/mol. The van der Waals surface area contributed by atoms with E-state index in [4.69, 9.17) is 4.74 Å². The number of aliphatic carboxylic acids is 1. The summed E-state index contributed by atoms with van der Waals surface area (Å²) in [7, 11) is 3.88. The molecule has 0 saturated heterocycles. The summed E-state index contributed by atoms with van der Waals surface area (Å²) in [6.07, 6.45) is 1.85. The van der Waals surface area contributed by atoms with Crippen LogP contribution < -0.4 is 9.64 Å². The van der Waals surface area contributed by atoms with Crippen LogP contribution in [0.15, 0.2) is 24.3 Å². The van der Waals surface area contributed by atoms with Crippen LogP contribution in [0, 0.1) is 5.92 Å². The molecule has 98 valence electrons. The monoisotopic (exact) mass is 249 g/mol. The Morgan fingerprint density at radius 3 is 2.61 bits per heavy atom. The van der Waals surface area contributed by atoms with Gasteiger partial charge in [-0.3, -0.25) is 0 Å². The van der Waals surface area contributed by atoms with Gasteiger partial charge >= 0.3 is 5.97 Å². The Hall–Kier alpha value is -1.71. The number of benzene rings is 1. The minimum absolute atomic E-state index is 0.123. The van der Waals surface area contributed by atoms with Gasteiger partial charge in [0.15, 0.2) is 0 Å². The van der Waals surface area contributed by atoms with Crippen molar-refractivity contribution in [3.63, 3.8) is 0 Å². The first-order valence-electron chi connectivity index (χ1n) is 6.13. The second-order valence-corrected chi connectivity index (χ2v) is 5.18. The quantitative estimate of drug-likeness (QED) is 0.870. The second kappa shape index (κ2) is 4.52. The number of anilines is 1. The molecular weight excluding hydrogens is 230 g/mol. The van der Waals surface area contributed by atoms with E-state index in [1.165, 1.54) is 0 Å². The summed E-state index contributed by atoms with van der Waals surface area (Å²) >= 11 is 0. The van der Waals surface area contributed by atoms with E-state index in [2.05, 4.69) is 0 Å². The van der Waals surface area contributed by atoms with Crippen LogP contribution in [-0.4, -0.2) is 30.8 Å². The van der Waals surface area contributed by atoms with Crippen LogP contribution in [0.25, 0.3) is 0 Å². The fraction of sp³-hybridized carbons (Fsp3) is 0.500. The van der Waals surface area contributed by atoms with Gasteiger partial charge in [0.2, 0.25) is 5.60 Å². The lowest BCUT2D eigenvalue weighted by atomic mass is 10.0. The molecule has 0 aliphatic heterocycles. The zero-order chi connectivity index (χ0) is 13.3. The van der Waals surface area contributed by atoms with E-state index in [0.29, 0.717) is 5.75 Å². The zero-order valence-corrected chi connectivity index (χ0v) is 11.0. The minimum Gasteiger partial charge on any atom is -0.478 e. The molecule has 1 aromatic carbocycles. The number of carboxylic acids is 1. The summed E-state index contributed by atoms with van der Waals surface area (Å²) in [4.78, 5) is 13.4. The van der Waals surface area contributed by atoms with Crippen LogP contribution in [0.1, 0.15) is 19.8 Å². The van der Waals surface area contributed by atoms with Crippen molar-refractivity contribution >= 4 is 11.7 Å². The van der Waals surface area contributed by atoms with Gasteiger partial charge in [0.05, 0.1) is 0 Å². The highest BCUT2D eigenvalue weighted by molar-refractivity contribution is 5.78. The fourth-order valence-electron chi connectivity index (χ4n) is 2.01. The number of rotatable bonds is 5. The van der Waals surface area contributed by atoms with Crippen molar-refractivity contribution in [3.05, 3.63) is 24.3 Å². The summed E-state index contributed by atoms with van der Waals surface area (Å²) in [6, 6.07) is 7.50. The highest BCUT2D eigenvalue weighted by Crippen LogP contribution is 2.42. The molecule has 0 heterocycles. The van der Waals surface area contributed by atoms with Gasteiger partial charge in [0.1, 0.15) is 5.75 Å². The molecule has 1 saturated carbocycles. The third-order valence-electron chi connectivity index (χ3n) is 3.44. The topological polar surface area (TPSA) is 49.8 Å². The lowest BCUT2D eigenvalue weighted by Crippen LogP contribution is -2.43. The van der Waals surface area contributed by atoms with Crippen LogP contribution in [0.5, 0.6) is 5.75 Å². The van der Waals surface area contributed by atoms with Gasteiger partial charge in [-0.2, -0.15) is 0 Å². The van der Waals surface area contributed by atoms with Crippen LogP contribution in [0.3, 0.4) is 0 Å². The first-order valence-corrected chi connectivity index (χ1v) is 6.13. The van der Waals surface area contributed by atoms with Crippen LogP contribution in [-0.2, 0) is 4.79 Å². The molecule has 4 nitrogen and oxygen atoms in total. The average Bonchev–Trinajstić information content (AvgIpc) is 3.13. The Labute approximate surface area is 107 Å². The normalized spacial score (nSPS) is 17.9. The van der Waals surface area contributed by atoms with E-state index in [9.17, 15) is 9.90 Å². The van der Waals surface area contributed by atoms with Gasteiger partial charge in [-0.05, 0) is 31.9 Å². The predicted molar refractivity (Wildman–Crippen MR) is 70.2 cm³/mol. The molecule has 0 aromatic heterocycles. The van der Waals surface area contributed by atoms with Crippen molar-refractivity contribution in [3.8, 4) is 5.75 Å². The maximum absolute atomic E-state index is 11.4. The first-order chi connectivity index (χ1) is 8.43. The molecule has 2 rings (SSSR count). The van der Waals surface area contributed by atoms with E-state index in [1.807, 2.05) is 37.2 Å². The van der Waals surface area contributed by atoms with Gasteiger partial charge in [-0.1, -0.05) is 6.07 Å². The van der Waals surface area contributed by atoms with E-state index < -0.39 is 11.6 Å². The Morgan fingerprint density at radius 1 is 1.44 bits per heavy atom. The van der Waals surface area contributed by atoms with Crippen LogP contribution >= 0.6 is 0 Å². The predicted octanol–water partition coefficient (Wildman–Crippen LogP) is 2.38. The largest absolute Gasteiger partial charge is 0.478 e. The summed E-state index contributed by atoms with van der Waals surface area (Å²) in [5, 5.41) is 9.35. The molecule has 18 heavy (non-hydrogen) atoms. The molecule has 1 unspecified atom stereocenters. The van der Waals surface area contributed by atoms with Crippen molar-refractivity contribution in [1.29, 1.82) is 0 Å². The fourth-order valence-corrected chi connectivity index (χ4v) is 2.01. The molecule has 1 aliphatic carbocycles. The maximum atomic E-state index is 11.4. The molecule has 1 fully saturated rings. The van der Waals surface area contributed by atoms with Gasteiger partial charge < -0.3 is 14.7 Å². The van der Waals surface area contributed by atoms with Crippen molar-refractivity contribution in [2.24, 2.45) is 5.92 Å². The van der Waals surface area contributed by atoms with E-state index in [0.717, 1.165) is 18.5 Å². The van der Waals surface area contributed by atoms with E-state index >= 15 is 0 Å². The first kappa shape index (κ1) is 12.7. The van der Waals surface area contributed by atoms with Crippen molar-refractivity contribution in [1.82, 2.24) is 0 Å². The number of carbonyl (C=O) groups is 1. The van der Waals surface area contributed by atoms with Crippen molar-refractivity contribution < 1.29 is 14.6 Å². The molecule has 1 aromatic rings. The molecule has 4 heteroatoms. The standard InChI is InChI=1S/C14H19NO3/c1-14(13(16)17,10-7-8-10)18-12-6-4-5-11(9-12)15(2)3/h4-6,9-10H,7-8H2,1-3H3,(H,16,17). The van der Waals surface area contributed by atoms with Crippen LogP contribution in [0.4, 0.5) is 5.69 Å². The molecule has 0 amide bonds. The van der Waals surface area contributed by atoms with Crippen molar-refractivity contribution in [2.45, 2.75) is 25.4 Å². The van der Waals surface area contributed by atoms with Gasteiger partial charge in [0.25, 0.3) is 0 Å². The third kappa shape index (κ3) is 2.42. The minimum atomic E-state index is -1.11. The lowest BCUT2D eigenvalue weighted by Gasteiger charge is -2.26. The van der Waals surface area contributed by atoms with Gasteiger partial charge in [-0.15, -0.1) is 0 Å². The molecule has 1 atom stereocenters. The number of nitrogens with zero attached hydrogens (tertiary/aromatic N) is 1. The Kier molecular flexibility index (Phi) is 3.20. The molecular formula is C14H19NO3. The number of hydrogen-bond donors (Lipinski definition) is 1. The molecule has 1 N–H and O–H groups in total. The maximum Gasteiger partial charge on any atom is 0.348 e. The Morgan fingerprint density at radius 2 is 2.11 bits per heavy atom. The summed E-state index contributed by atoms with van der Waals surface area (Å²) in [5.41, 5.74) is -0.110. The third-order valence-corrected chi connectivity index (χ3v) is 3.44. The number of hydrogen-bond acceptors (Lipinski definition) is 3. The van der Waals surface area contributed by atoms with Crippen LogP contribution in [0.2, 0.25) is 0 Å². The zero-order valence-electron chi connectivity index (χ0n) is 11.0. The highest BCUT2D eigenvalue weighted by atomic mass is 16.5. The SMILES string of the molecule is CN(C)c1cccc(OC(C)(C(=O)O)C2CC2)c1. The molecule has 0 radical (unpaired) electrons. The number of carboxylic acid groups (broad SMARTS) is 1. The summed E-state index contributed by atoms with van der Waals surface area (Å²) < 4.78 is 5.75. The highest BCUT2D eigenvalue weighted by Gasteiger charge is 2.50. The van der Waals surface area contributed by atoms with E-state index in [1.54, 1.807) is 13.0 Å². The lowest BCUT2D eigenvalue weighted by molar-refractivity contribution is -0.155. The smallest absolute Gasteiger partial charge is 0.348 e. The van der Waals surface area contributed by atoms with E-state index in [-0.39, 0.29) is 5.92 Å². The van der Waals surface area contributed by atoms with Gasteiger partial charge in [0, 0.05) is 31.8 Å². The molecule has 1 aliphatic rings. The summed E-state index contributed by atoms with van der Waals surface area (Å²) in [6.45, 7) is 1.66. The number of ether oxygens (including phenoxy) is 1. The Balaban J connectivity index is 2.21. The molecule has 0 spiro atoms. The second-order valence-electron chi connectivity index (χ2n) is 5.18. The Bertz CT molecular complexity index is 454.